The van der Waals surface area contributed by atoms with Crippen molar-refractivity contribution >= 4 is 28.7 Å². The molecule has 0 fully saturated rings. The predicted molar refractivity (Wildman–Crippen MR) is 97.2 cm³/mol. The molecule has 0 aliphatic rings. The molecule has 122 valence electrons. The van der Waals surface area contributed by atoms with Crippen molar-refractivity contribution in [3.05, 3.63) is 58.9 Å². The van der Waals surface area contributed by atoms with Crippen LogP contribution in [0, 0.1) is 5.82 Å². The number of hydrogen-bond acceptors (Lipinski definition) is 3. The minimum atomic E-state index is -0.252. The number of hydrogen-bond donors (Lipinski definition) is 1. The van der Waals surface area contributed by atoms with E-state index in [-0.39, 0.29) is 5.82 Å². The van der Waals surface area contributed by atoms with Gasteiger partial charge in [-0.25, -0.2) is 4.39 Å². The van der Waals surface area contributed by atoms with Crippen LogP contribution in [-0.4, -0.2) is 19.3 Å². The molecule has 0 radical (unpaired) electrons. The Hall–Kier alpha value is -2.07. The van der Waals surface area contributed by atoms with Crippen LogP contribution in [0.3, 0.4) is 0 Å². The highest BCUT2D eigenvalue weighted by molar-refractivity contribution is 6.31. The molecule has 2 aromatic carbocycles. The van der Waals surface area contributed by atoms with Gasteiger partial charge in [-0.2, -0.15) is 5.10 Å². The Labute approximate surface area is 141 Å². The first kappa shape index (κ1) is 17.3. The predicted octanol–water partition coefficient (Wildman–Crippen LogP) is 5.16. The lowest BCUT2D eigenvalue weighted by Crippen LogP contribution is -2.19. The van der Waals surface area contributed by atoms with Crippen LogP contribution in [0.5, 0.6) is 0 Å². The number of rotatable bonds is 6. The molecule has 0 saturated heterocycles. The maximum atomic E-state index is 13.1. The number of nitrogens with one attached hydrogen (secondary N) is 1. The molecule has 0 bridgehead atoms. The van der Waals surface area contributed by atoms with Crippen LogP contribution in [0.1, 0.15) is 25.8 Å². The number of nitrogens with zero attached hydrogens (tertiary/aromatic N) is 2. The number of benzene rings is 2. The van der Waals surface area contributed by atoms with Crippen molar-refractivity contribution < 1.29 is 4.39 Å². The van der Waals surface area contributed by atoms with Crippen LogP contribution in [0.4, 0.5) is 15.8 Å². The minimum Gasteiger partial charge on any atom is -0.388 e. The molecule has 23 heavy (non-hydrogen) atoms. The molecule has 2 aromatic rings. The first-order valence-electron chi connectivity index (χ1n) is 7.61. The van der Waals surface area contributed by atoms with Crippen LogP contribution in [-0.2, 0) is 0 Å². The summed E-state index contributed by atoms with van der Waals surface area (Å²) in [5.41, 5.74) is 3.62. The van der Waals surface area contributed by atoms with Crippen LogP contribution in [0.15, 0.2) is 47.6 Å². The van der Waals surface area contributed by atoms with E-state index in [0.29, 0.717) is 5.02 Å². The van der Waals surface area contributed by atoms with E-state index in [0.717, 1.165) is 35.6 Å². The summed E-state index contributed by atoms with van der Waals surface area (Å²) in [5, 5.41) is 10.4. The Kier molecular flexibility index (Phi) is 5.99. The summed E-state index contributed by atoms with van der Waals surface area (Å²) in [6.45, 7) is 4.77. The van der Waals surface area contributed by atoms with E-state index in [2.05, 4.69) is 12.2 Å². The fraction of sp³-hybridized carbons (Fsp3) is 0.278. The van der Waals surface area contributed by atoms with Gasteiger partial charge in [-0.3, -0.25) is 5.01 Å². The highest BCUT2D eigenvalue weighted by Gasteiger charge is 2.09. The summed E-state index contributed by atoms with van der Waals surface area (Å²) in [4.78, 5) is 0. The van der Waals surface area contributed by atoms with E-state index in [1.165, 1.54) is 12.1 Å². The van der Waals surface area contributed by atoms with Gasteiger partial charge in [0.25, 0.3) is 0 Å². The van der Waals surface area contributed by atoms with Crippen molar-refractivity contribution in [1.82, 2.24) is 0 Å². The van der Waals surface area contributed by atoms with Crippen LogP contribution in [0.2, 0.25) is 5.02 Å². The molecule has 0 spiro atoms. The second-order valence-electron chi connectivity index (χ2n) is 5.22. The van der Waals surface area contributed by atoms with E-state index < -0.39 is 0 Å². The molecule has 0 unspecified atom stereocenters. The van der Waals surface area contributed by atoms with Crippen molar-refractivity contribution in [1.29, 1.82) is 0 Å². The Bertz CT molecular complexity index is 683. The third-order valence-corrected chi connectivity index (χ3v) is 3.71. The molecule has 2 rings (SSSR count). The summed E-state index contributed by atoms with van der Waals surface area (Å²) in [6.07, 6.45) is 0.933. The monoisotopic (exact) mass is 333 g/mol. The fourth-order valence-corrected chi connectivity index (χ4v) is 2.50. The molecule has 0 heterocycles. The zero-order valence-corrected chi connectivity index (χ0v) is 14.4. The maximum Gasteiger partial charge on any atom is 0.123 e. The summed E-state index contributed by atoms with van der Waals surface area (Å²) in [7, 11) is 1.86. The van der Waals surface area contributed by atoms with Gasteiger partial charge >= 0.3 is 0 Å². The Morgan fingerprint density at radius 3 is 2.52 bits per heavy atom. The van der Waals surface area contributed by atoms with Gasteiger partial charge in [0.2, 0.25) is 0 Å². The third kappa shape index (κ3) is 4.45. The van der Waals surface area contributed by atoms with E-state index in [9.17, 15) is 4.39 Å². The lowest BCUT2D eigenvalue weighted by Gasteiger charge is -2.20. The summed E-state index contributed by atoms with van der Waals surface area (Å²) >= 11 is 6.11. The van der Waals surface area contributed by atoms with Gasteiger partial charge in [-0.1, -0.05) is 18.5 Å². The molecular formula is C18H21ClFN3. The van der Waals surface area contributed by atoms with Gasteiger partial charge < -0.3 is 5.32 Å². The molecule has 3 nitrogen and oxygen atoms in total. The van der Waals surface area contributed by atoms with Gasteiger partial charge in [0.15, 0.2) is 0 Å². The lowest BCUT2D eigenvalue weighted by atomic mass is 10.1. The van der Waals surface area contributed by atoms with Gasteiger partial charge in [-0.05, 0) is 55.8 Å². The Morgan fingerprint density at radius 2 is 1.91 bits per heavy atom. The smallest absolute Gasteiger partial charge is 0.123 e. The fourth-order valence-electron chi connectivity index (χ4n) is 2.33. The second-order valence-corrected chi connectivity index (χ2v) is 5.66. The second kappa shape index (κ2) is 7.97. The van der Waals surface area contributed by atoms with E-state index in [4.69, 9.17) is 16.7 Å². The largest absolute Gasteiger partial charge is 0.388 e. The number of hydrazone groups is 1. The topological polar surface area (TPSA) is 27.6 Å². The number of anilines is 2. The van der Waals surface area contributed by atoms with Gasteiger partial charge in [-0.15, -0.1) is 0 Å². The highest BCUT2D eigenvalue weighted by atomic mass is 35.5. The average molecular weight is 334 g/mol. The molecule has 0 aliphatic heterocycles. The first-order valence-corrected chi connectivity index (χ1v) is 7.99. The molecular weight excluding hydrogens is 313 g/mol. The van der Waals surface area contributed by atoms with E-state index >= 15 is 0 Å². The zero-order chi connectivity index (χ0) is 16.8. The van der Waals surface area contributed by atoms with Gasteiger partial charge in [0.05, 0.1) is 11.4 Å². The van der Waals surface area contributed by atoms with Crippen molar-refractivity contribution in [2.75, 3.05) is 23.9 Å². The quantitative estimate of drug-likeness (QED) is 0.584. The minimum absolute atomic E-state index is 0.252. The van der Waals surface area contributed by atoms with Crippen molar-refractivity contribution in [3.8, 4) is 0 Å². The maximum absolute atomic E-state index is 13.1. The van der Waals surface area contributed by atoms with Crippen molar-refractivity contribution in [2.24, 2.45) is 5.10 Å². The molecule has 5 heteroatoms. The molecule has 0 aromatic heterocycles. The molecule has 0 saturated carbocycles. The van der Waals surface area contributed by atoms with Crippen molar-refractivity contribution in [2.45, 2.75) is 20.3 Å². The van der Waals surface area contributed by atoms with Crippen LogP contribution >= 0.6 is 11.6 Å². The summed E-state index contributed by atoms with van der Waals surface area (Å²) < 4.78 is 13.1. The zero-order valence-electron chi connectivity index (χ0n) is 13.6. The highest BCUT2D eigenvalue weighted by Crippen LogP contribution is 2.23. The van der Waals surface area contributed by atoms with Gasteiger partial charge in [0.1, 0.15) is 5.82 Å². The van der Waals surface area contributed by atoms with Crippen LogP contribution in [0.25, 0.3) is 0 Å². The third-order valence-electron chi connectivity index (χ3n) is 3.47. The van der Waals surface area contributed by atoms with E-state index in [1.807, 2.05) is 37.2 Å². The lowest BCUT2D eigenvalue weighted by molar-refractivity contribution is 0.627. The average Bonchev–Trinajstić information content (AvgIpc) is 2.55. The van der Waals surface area contributed by atoms with Crippen LogP contribution < -0.4 is 10.3 Å². The van der Waals surface area contributed by atoms with Crippen molar-refractivity contribution in [3.63, 3.8) is 0 Å². The van der Waals surface area contributed by atoms with E-state index in [1.54, 1.807) is 12.1 Å². The normalized spacial score (nSPS) is 11.4. The SMILES string of the molecule is CCCN(/N=C(/C)c1cc(Cl)ccc1NC)c1ccc(F)cc1. The number of halogens is 2. The first-order chi connectivity index (χ1) is 11.0. The molecule has 1 N–H and O–H groups in total. The standard InChI is InChI=1S/C18H21ClFN3/c1-4-11-23(16-8-6-15(20)7-9-16)22-13(2)17-12-14(19)5-10-18(17)21-3/h5-10,12,21H,4,11H2,1-3H3/b22-13-. The summed E-state index contributed by atoms with van der Waals surface area (Å²) in [6, 6.07) is 12.0. The molecule has 0 atom stereocenters. The molecule has 0 amide bonds. The summed E-state index contributed by atoms with van der Waals surface area (Å²) in [5.74, 6) is -0.252. The Balaban J connectivity index is 2.38. The van der Waals surface area contributed by atoms with Gasteiger partial charge in [0, 0.05) is 29.9 Å². The Morgan fingerprint density at radius 1 is 1.22 bits per heavy atom. The molecule has 0 aliphatic carbocycles.